The molecule has 0 aliphatic heterocycles. The molecule has 0 N–H and O–H groups in total. The van der Waals surface area contributed by atoms with Gasteiger partial charge in [0.25, 0.3) is 0 Å². The minimum absolute atomic E-state index is 0.208. The highest BCUT2D eigenvalue weighted by atomic mass is 32.2. The summed E-state index contributed by atoms with van der Waals surface area (Å²) >= 11 is 0. The van der Waals surface area contributed by atoms with Crippen LogP contribution in [0.25, 0.3) is 0 Å². The molecule has 0 unspecified atom stereocenters. The third-order valence-electron chi connectivity index (χ3n) is 1.23. The summed E-state index contributed by atoms with van der Waals surface area (Å²) in [6.07, 6.45) is 1.87. The molecule has 4 nitrogen and oxygen atoms in total. The van der Waals surface area contributed by atoms with Gasteiger partial charge in [-0.25, -0.2) is 18.4 Å². The van der Waals surface area contributed by atoms with E-state index in [9.17, 15) is 12.8 Å². The number of rotatable bonds is 1. The number of aromatic nitrogens is 2. The van der Waals surface area contributed by atoms with E-state index in [0.29, 0.717) is 0 Å². The lowest BCUT2D eigenvalue weighted by Crippen LogP contribution is -2.04. The average molecular weight is 190 g/mol. The lowest BCUT2D eigenvalue weighted by atomic mass is 10.6. The number of aryl methyl sites for hydroxylation is 1. The smallest absolute Gasteiger partial charge is 0.234 e. The number of hydrogen-bond donors (Lipinski definition) is 0. The zero-order chi connectivity index (χ0) is 9.35. The first-order valence-corrected chi connectivity index (χ1v) is 4.99. The van der Waals surface area contributed by atoms with Crippen molar-refractivity contribution in [3.8, 4) is 0 Å². The molecule has 0 bridgehead atoms. The van der Waals surface area contributed by atoms with Gasteiger partial charge in [-0.15, -0.1) is 0 Å². The lowest BCUT2D eigenvalue weighted by Gasteiger charge is -1.98. The minimum atomic E-state index is -3.55. The van der Waals surface area contributed by atoms with Crippen LogP contribution in [0.2, 0.25) is 0 Å². The first-order valence-electron chi connectivity index (χ1n) is 3.10. The summed E-state index contributed by atoms with van der Waals surface area (Å²) in [7, 11) is -3.55. The zero-order valence-electron chi connectivity index (χ0n) is 6.57. The van der Waals surface area contributed by atoms with Crippen molar-refractivity contribution in [3.63, 3.8) is 0 Å². The van der Waals surface area contributed by atoms with Gasteiger partial charge in [0.15, 0.2) is 9.84 Å². The molecular formula is C6H7FN2O2S. The number of halogens is 1. The van der Waals surface area contributed by atoms with Crippen LogP contribution in [-0.4, -0.2) is 24.6 Å². The Balaban J connectivity index is 3.39. The third-order valence-corrected chi connectivity index (χ3v) is 2.30. The van der Waals surface area contributed by atoms with Crippen LogP contribution in [0.15, 0.2) is 11.1 Å². The molecule has 66 valence electrons. The molecule has 1 aromatic heterocycles. The summed E-state index contributed by atoms with van der Waals surface area (Å²) in [5, 5.41) is 0. The second-order valence-corrected chi connectivity index (χ2v) is 4.33. The quantitative estimate of drug-likeness (QED) is 0.599. The first kappa shape index (κ1) is 9.05. The van der Waals surface area contributed by atoms with Crippen LogP contribution in [0.4, 0.5) is 4.39 Å². The van der Waals surface area contributed by atoms with E-state index in [1.807, 2.05) is 0 Å². The van der Waals surface area contributed by atoms with Crippen LogP contribution in [0.5, 0.6) is 0 Å². The van der Waals surface area contributed by atoms with Gasteiger partial charge in [0.1, 0.15) is 10.7 Å². The highest BCUT2D eigenvalue weighted by molar-refractivity contribution is 7.90. The second kappa shape index (κ2) is 2.78. The Labute approximate surface area is 69.4 Å². The molecule has 0 saturated carbocycles. The Bertz CT molecular complexity index is 402. The molecule has 0 amide bonds. The van der Waals surface area contributed by atoms with E-state index in [2.05, 4.69) is 9.97 Å². The maximum atomic E-state index is 12.8. The van der Waals surface area contributed by atoms with Gasteiger partial charge in [-0.05, 0) is 6.92 Å². The van der Waals surface area contributed by atoms with Crippen molar-refractivity contribution in [2.75, 3.05) is 6.26 Å². The molecule has 0 aliphatic rings. The largest absolute Gasteiger partial charge is 0.240 e. The standard InChI is InChI=1S/C6H7FN2O2S/c1-4-8-3-5(6(7)9-4)12(2,10)11/h3H,1-2H3. The van der Waals surface area contributed by atoms with Crippen LogP contribution >= 0.6 is 0 Å². The van der Waals surface area contributed by atoms with Crippen molar-refractivity contribution in [2.45, 2.75) is 11.8 Å². The maximum Gasteiger partial charge on any atom is 0.234 e. The summed E-state index contributed by atoms with van der Waals surface area (Å²) in [6, 6.07) is 0. The molecule has 6 heteroatoms. The molecule has 0 saturated heterocycles. The second-order valence-electron chi connectivity index (χ2n) is 2.34. The summed E-state index contributed by atoms with van der Waals surface area (Å²) < 4.78 is 34.5. The average Bonchev–Trinajstić information content (AvgIpc) is 1.83. The molecule has 0 aliphatic carbocycles. The molecule has 1 aromatic rings. The van der Waals surface area contributed by atoms with E-state index >= 15 is 0 Å². The van der Waals surface area contributed by atoms with Gasteiger partial charge in [-0.1, -0.05) is 0 Å². The van der Waals surface area contributed by atoms with Crippen molar-refractivity contribution < 1.29 is 12.8 Å². The molecular weight excluding hydrogens is 183 g/mol. The molecule has 1 rings (SSSR count). The normalized spacial score (nSPS) is 11.6. The van der Waals surface area contributed by atoms with Crippen molar-refractivity contribution in [2.24, 2.45) is 0 Å². The van der Waals surface area contributed by atoms with E-state index < -0.39 is 20.7 Å². The van der Waals surface area contributed by atoms with E-state index in [4.69, 9.17) is 0 Å². The van der Waals surface area contributed by atoms with Gasteiger partial charge in [-0.3, -0.25) is 0 Å². The van der Waals surface area contributed by atoms with E-state index in [-0.39, 0.29) is 5.82 Å². The van der Waals surface area contributed by atoms with Gasteiger partial charge in [0.2, 0.25) is 5.95 Å². The van der Waals surface area contributed by atoms with E-state index in [1.165, 1.54) is 6.92 Å². The fourth-order valence-corrected chi connectivity index (χ4v) is 1.28. The van der Waals surface area contributed by atoms with Crippen molar-refractivity contribution in [3.05, 3.63) is 18.0 Å². The Hall–Kier alpha value is -1.04. The van der Waals surface area contributed by atoms with E-state index in [0.717, 1.165) is 12.5 Å². The SMILES string of the molecule is Cc1ncc(S(C)(=O)=O)c(F)n1. The Kier molecular flexibility index (Phi) is 2.10. The fraction of sp³-hybridized carbons (Fsp3) is 0.333. The molecule has 0 aromatic carbocycles. The Morgan fingerprint density at radius 1 is 1.50 bits per heavy atom. The Morgan fingerprint density at radius 3 is 2.50 bits per heavy atom. The summed E-state index contributed by atoms with van der Waals surface area (Å²) in [6.45, 7) is 1.48. The predicted molar refractivity (Wildman–Crippen MR) is 39.8 cm³/mol. The summed E-state index contributed by atoms with van der Waals surface area (Å²) in [4.78, 5) is 6.39. The van der Waals surface area contributed by atoms with Crippen molar-refractivity contribution in [1.29, 1.82) is 0 Å². The van der Waals surface area contributed by atoms with E-state index in [1.54, 1.807) is 0 Å². The maximum absolute atomic E-state index is 12.8. The molecule has 0 spiro atoms. The molecule has 0 atom stereocenters. The van der Waals surface area contributed by atoms with Crippen LogP contribution in [-0.2, 0) is 9.84 Å². The summed E-state index contributed by atoms with van der Waals surface area (Å²) in [5.74, 6) is -0.787. The van der Waals surface area contributed by atoms with Gasteiger partial charge >= 0.3 is 0 Å². The monoisotopic (exact) mass is 190 g/mol. The van der Waals surface area contributed by atoms with Crippen LogP contribution in [0.3, 0.4) is 0 Å². The Morgan fingerprint density at radius 2 is 2.08 bits per heavy atom. The highest BCUT2D eigenvalue weighted by Crippen LogP contribution is 2.09. The lowest BCUT2D eigenvalue weighted by molar-refractivity contribution is 0.531. The third kappa shape index (κ3) is 1.76. The number of hydrogen-bond acceptors (Lipinski definition) is 4. The predicted octanol–water partition coefficient (Wildman–Crippen LogP) is 0.328. The number of sulfone groups is 1. The van der Waals surface area contributed by atoms with Gasteiger partial charge in [-0.2, -0.15) is 4.39 Å². The fourth-order valence-electron chi connectivity index (χ4n) is 0.680. The summed E-state index contributed by atoms with van der Waals surface area (Å²) in [5.41, 5.74) is 0. The first-order chi connectivity index (χ1) is 5.41. The van der Waals surface area contributed by atoms with Gasteiger partial charge < -0.3 is 0 Å². The van der Waals surface area contributed by atoms with Gasteiger partial charge in [0.05, 0.1) is 6.20 Å². The topological polar surface area (TPSA) is 59.9 Å². The zero-order valence-corrected chi connectivity index (χ0v) is 7.39. The van der Waals surface area contributed by atoms with Gasteiger partial charge in [0, 0.05) is 6.26 Å². The van der Waals surface area contributed by atoms with Crippen LogP contribution in [0.1, 0.15) is 5.82 Å². The van der Waals surface area contributed by atoms with Crippen LogP contribution < -0.4 is 0 Å². The molecule has 1 heterocycles. The molecule has 0 fully saturated rings. The molecule has 12 heavy (non-hydrogen) atoms. The minimum Gasteiger partial charge on any atom is -0.240 e. The van der Waals surface area contributed by atoms with Crippen LogP contribution in [0, 0.1) is 12.9 Å². The number of nitrogens with zero attached hydrogens (tertiary/aromatic N) is 2. The molecule has 0 radical (unpaired) electrons. The highest BCUT2D eigenvalue weighted by Gasteiger charge is 2.14. The van der Waals surface area contributed by atoms with Crippen molar-refractivity contribution >= 4 is 9.84 Å². The van der Waals surface area contributed by atoms with Crippen molar-refractivity contribution in [1.82, 2.24) is 9.97 Å².